The van der Waals surface area contributed by atoms with E-state index in [4.69, 9.17) is 18.0 Å². The maximum absolute atomic E-state index is 13.0. The Balaban J connectivity index is 2.22. The summed E-state index contributed by atoms with van der Waals surface area (Å²) in [4.78, 5) is 11.7. The zero-order valence-electron chi connectivity index (χ0n) is 13.5. The fraction of sp³-hybridized carbons (Fsp3) is 0.250. The van der Waals surface area contributed by atoms with Crippen molar-refractivity contribution in [2.45, 2.75) is 25.9 Å². The number of anilines is 1. The van der Waals surface area contributed by atoms with E-state index < -0.39 is 17.6 Å². The van der Waals surface area contributed by atoms with Gasteiger partial charge in [0.05, 0.1) is 5.56 Å². The van der Waals surface area contributed by atoms with Gasteiger partial charge in [0.2, 0.25) is 0 Å². The maximum atomic E-state index is 13.0. The summed E-state index contributed by atoms with van der Waals surface area (Å²) in [6, 6.07) is 5.70. The molecule has 0 spiro atoms. The molecule has 9 heteroatoms. The van der Waals surface area contributed by atoms with Gasteiger partial charge in [-0.3, -0.25) is 4.98 Å². The van der Waals surface area contributed by atoms with E-state index >= 15 is 0 Å². The van der Waals surface area contributed by atoms with E-state index in [0.717, 1.165) is 11.6 Å². The highest BCUT2D eigenvalue weighted by atomic mass is 32.1. The lowest BCUT2D eigenvalue weighted by Gasteiger charge is -2.12. The predicted molar refractivity (Wildman–Crippen MR) is 94.5 cm³/mol. The number of pyridine rings is 2. The molecule has 0 radical (unpaired) electrons. The van der Waals surface area contributed by atoms with Crippen LogP contribution in [-0.2, 0) is 6.18 Å². The minimum absolute atomic E-state index is 0.00416. The highest BCUT2D eigenvalue weighted by molar-refractivity contribution is 7.80. The van der Waals surface area contributed by atoms with Gasteiger partial charge in [-0.05, 0) is 48.0 Å². The molecule has 0 aromatic carbocycles. The molecule has 0 unspecified atom stereocenters. The minimum Gasteiger partial charge on any atom is -0.382 e. The summed E-state index contributed by atoms with van der Waals surface area (Å²) >= 11 is 4.97. The molecule has 0 saturated heterocycles. The number of nitrogens with two attached hydrogens (primary N) is 1. The number of halogens is 3. The van der Waals surface area contributed by atoms with Gasteiger partial charge in [-0.1, -0.05) is 13.8 Å². The SMILES string of the molecule is CC(C)c1ccnc(/C(N)=N/C(=S)Nc2ncccc2C(F)(F)F)c1. The Morgan fingerprint density at radius 1 is 1.24 bits per heavy atom. The van der Waals surface area contributed by atoms with Crippen LogP contribution in [0.3, 0.4) is 0 Å². The van der Waals surface area contributed by atoms with Gasteiger partial charge in [0.15, 0.2) is 10.9 Å². The number of hydrogen-bond donors (Lipinski definition) is 2. The molecule has 0 atom stereocenters. The highest BCUT2D eigenvalue weighted by Gasteiger charge is 2.34. The smallest absolute Gasteiger partial charge is 0.382 e. The number of alkyl halides is 3. The molecule has 0 amide bonds. The summed E-state index contributed by atoms with van der Waals surface area (Å²) in [6.07, 6.45) is -1.75. The molecular weight excluding hydrogens is 351 g/mol. The van der Waals surface area contributed by atoms with Crippen LogP contribution in [-0.4, -0.2) is 20.9 Å². The van der Waals surface area contributed by atoms with Crippen molar-refractivity contribution in [2.75, 3.05) is 5.32 Å². The molecule has 0 aliphatic rings. The molecule has 2 heterocycles. The zero-order chi connectivity index (χ0) is 18.6. The summed E-state index contributed by atoms with van der Waals surface area (Å²) in [5.41, 5.74) is 6.32. The maximum Gasteiger partial charge on any atom is 0.419 e. The molecule has 2 aromatic rings. The van der Waals surface area contributed by atoms with Gasteiger partial charge in [0.1, 0.15) is 11.5 Å². The van der Waals surface area contributed by atoms with Gasteiger partial charge < -0.3 is 11.1 Å². The molecule has 0 aliphatic heterocycles. The summed E-state index contributed by atoms with van der Waals surface area (Å²) in [5.74, 6) is -0.160. The van der Waals surface area contributed by atoms with Crippen LogP contribution in [0.25, 0.3) is 0 Å². The van der Waals surface area contributed by atoms with Crippen LogP contribution in [0.15, 0.2) is 41.7 Å². The van der Waals surface area contributed by atoms with Crippen molar-refractivity contribution in [1.29, 1.82) is 0 Å². The number of nitrogens with zero attached hydrogens (tertiary/aromatic N) is 3. The molecule has 0 aliphatic carbocycles. The number of aliphatic imine (C=N–C) groups is 1. The summed E-state index contributed by atoms with van der Waals surface area (Å²) < 4.78 is 38.9. The summed E-state index contributed by atoms with van der Waals surface area (Å²) in [6.45, 7) is 4.02. The summed E-state index contributed by atoms with van der Waals surface area (Å²) in [7, 11) is 0. The fourth-order valence-corrected chi connectivity index (χ4v) is 2.17. The Hall–Kier alpha value is -2.55. The zero-order valence-corrected chi connectivity index (χ0v) is 14.3. The van der Waals surface area contributed by atoms with Gasteiger partial charge in [0, 0.05) is 12.4 Å². The largest absolute Gasteiger partial charge is 0.419 e. The standard InChI is InChI=1S/C16H16F3N5S/c1-9(2)10-5-7-21-12(8-10)13(20)23-15(25)24-14-11(16(17,18)19)4-3-6-22-14/h3-9H,1-2H3,(H3,20,22,23,24,25). The lowest BCUT2D eigenvalue weighted by Crippen LogP contribution is -2.21. The second-order valence-electron chi connectivity index (χ2n) is 5.45. The van der Waals surface area contributed by atoms with Crippen molar-refractivity contribution in [3.63, 3.8) is 0 Å². The first kappa shape index (κ1) is 18.8. The van der Waals surface area contributed by atoms with E-state index in [2.05, 4.69) is 20.3 Å². The molecule has 2 rings (SSSR count). The molecule has 5 nitrogen and oxygen atoms in total. The van der Waals surface area contributed by atoms with E-state index in [1.807, 2.05) is 19.9 Å². The van der Waals surface area contributed by atoms with E-state index in [1.165, 1.54) is 12.3 Å². The molecule has 3 N–H and O–H groups in total. The van der Waals surface area contributed by atoms with Gasteiger partial charge in [-0.25, -0.2) is 9.98 Å². The first-order valence-corrected chi connectivity index (χ1v) is 7.73. The van der Waals surface area contributed by atoms with Crippen LogP contribution in [0, 0.1) is 0 Å². The van der Waals surface area contributed by atoms with Crippen molar-refractivity contribution in [3.05, 3.63) is 53.5 Å². The van der Waals surface area contributed by atoms with Crippen LogP contribution in [0.4, 0.5) is 19.0 Å². The number of aromatic nitrogens is 2. The quantitative estimate of drug-likeness (QED) is 0.491. The second kappa shape index (κ2) is 7.56. The Morgan fingerprint density at radius 2 is 1.96 bits per heavy atom. The second-order valence-corrected chi connectivity index (χ2v) is 5.84. The third kappa shape index (κ3) is 4.96. The number of rotatable bonds is 3. The van der Waals surface area contributed by atoms with Crippen molar-refractivity contribution in [2.24, 2.45) is 10.7 Å². The van der Waals surface area contributed by atoms with Crippen LogP contribution in [0.1, 0.15) is 36.6 Å². The minimum atomic E-state index is -4.56. The number of thiocarbonyl (C=S) groups is 1. The fourth-order valence-electron chi connectivity index (χ4n) is 1.98. The van der Waals surface area contributed by atoms with Crippen molar-refractivity contribution in [1.82, 2.24) is 9.97 Å². The number of nitrogens with one attached hydrogen (secondary N) is 1. The van der Waals surface area contributed by atoms with E-state index in [0.29, 0.717) is 5.69 Å². The van der Waals surface area contributed by atoms with Gasteiger partial charge >= 0.3 is 6.18 Å². The van der Waals surface area contributed by atoms with Crippen LogP contribution < -0.4 is 11.1 Å². The molecule has 0 bridgehead atoms. The van der Waals surface area contributed by atoms with Gasteiger partial charge in [-0.15, -0.1) is 0 Å². The summed E-state index contributed by atoms with van der Waals surface area (Å²) in [5, 5.41) is 2.12. The average molecular weight is 367 g/mol. The number of hydrogen-bond acceptors (Lipinski definition) is 3. The van der Waals surface area contributed by atoms with E-state index in [1.54, 1.807) is 12.3 Å². The monoisotopic (exact) mass is 367 g/mol. The Kier molecular flexibility index (Phi) is 5.68. The van der Waals surface area contributed by atoms with Gasteiger partial charge in [-0.2, -0.15) is 13.2 Å². The van der Waals surface area contributed by atoms with Crippen molar-refractivity contribution < 1.29 is 13.2 Å². The number of amidine groups is 1. The van der Waals surface area contributed by atoms with Crippen LogP contribution >= 0.6 is 12.2 Å². The van der Waals surface area contributed by atoms with Crippen LogP contribution in [0.2, 0.25) is 0 Å². The molecule has 0 saturated carbocycles. The normalized spacial score (nSPS) is 12.3. The predicted octanol–water partition coefficient (Wildman–Crippen LogP) is 3.72. The first-order valence-electron chi connectivity index (χ1n) is 7.32. The molecule has 0 fully saturated rings. The van der Waals surface area contributed by atoms with E-state index in [9.17, 15) is 13.2 Å². The molecular formula is C16H16F3N5S. The van der Waals surface area contributed by atoms with Gasteiger partial charge in [0.25, 0.3) is 0 Å². The van der Waals surface area contributed by atoms with Crippen molar-refractivity contribution in [3.8, 4) is 0 Å². The third-order valence-corrected chi connectivity index (χ3v) is 3.47. The lowest BCUT2D eigenvalue weighted by atomic mass is 10.0. The average Bonchev–Trinajstić information content (AvgIpc) is 2.54. The van der Waals surface area contributed by atoms with Crippen LogP contribution in [0.5, 0.6) is 0 Å². The molecule has 2 aromatic heterocycles. The molecule has 25 heavy (non-hydrogen) atoms. The Bertz CT molecular complexity index is 802. The molecule has 132 valence electrons. The van der Waals surface area contributed by atoms with E-state index in [-0.39, 0.29) is 16.9 Å². The highest BCUT2D eigenvalue weighted by Crippen LogP contribution is 2.33. The Morgan fingerprint density at radius 3 is 2.60 bits per heavy atom. The van der Waals surface area contributed by atoms with Crippen molar-refractivity contribution >= 4 is 29.0 Å². The first-order chi connectivity index (χ1) is 11.7. The topological polar surface area (TPSA) is 76.2 Å². The lowest BCUT2D eigenvalue weighted by molar-refractivity contribution is -0.137. The third-order valence-electron chi connectivity index (χ3n) is 3.27. The Labute approximate surface area is 148 Å².